The number of aryl methyl sites for hydroxylation is 1. The molecule has 2 heterocycles. The van der Waals surface area contributed by atoms with E-state index < -0.39 is 0 Å². The van der Waals surface area contributed by atoms with Crippen molar-refractivity contribution in [1.29, 1.82) is 0 Å². The van der Waals surface area contributed by atoms with Crippen molar-refractivity contribution < 1.29 is 0 Å². The SMILES string of the molecule is CC(C)C(CCN)CCc1nc2cccnc2s1. The average molecular weight is 263 g/mol. The van der Waals surface area contributed by atoms with Crippen LogP contribution in [0.5, 0.6) is 0 Å². The highest BCUT2D eigenvalue weighted by Gasteiger charge is 2.14. The lowest BCUT2D eigenvalue weighted by Crippen LogP contribution is -2.15. The second-order valence-electron chi connectivity index (χ2n) is 5.06. The number of aromatic nitrogens is 2. The first-order valence-corrected chi connectivity index (χ1v) is 7.43. The molecule has 18 heavy (non-hydrogen) atoms. The molecule has 2 rings (SSSR count). The maximum absolute atomic E-state index is 5.67. The predicted molar refractivity (Wildman–Crippen MR) is 77.7 cm³/mol. The molecule has 0 saturated carbocycles. The Balaban J connectivity index is 2.00. The second-order valence-corrected chi connectivity index (χ2v) is 6.12. The lowest BCUT2D eigenvalue weighted by atomic mass is 9.88. The van der Waals surface area contributed by atoms with Crippen molar-refractivity contribution in [3.8, 4) is 0 Å². The number of nitrogens with zero attached hydrogens (tertiary/aromatic N) is 2. The van der Waals surface area contributed by atoms with Gasteiger partial charge in [0.1, 0.15) is 10.3 Å². The summed E-state index contributed by atoms with van der Waals surface area (Å²) in [5.41, 5.74) is 6.70. The van der Waals surface area contributed by atoms with Crippen LogP contribution in [0, 0.1) is 11.8 Å². The molecule has 2 N–H and O–H groups in total. The summed E-state index contributed by atoms with van der Waals surface area (Å²) in [7, 11) is 0. The lowest BCUT2D eigenvalue weighted by molar-refractivity contribution is 0.341. The zero-order valence-electron chi connectivity index (χ0n) is 11.1. The van der Waals surface area contributed by atoms with Gasteiger partial charge in [0, 0.05) is 6.20 Å². The van der Waals surface area contributed by atoms with Crippen molar-refractivity contribution in [3.05, 3.63) is 23.3 Å². The molecule has 4 heteroatoms. The number of hydrogen-bond donors (Lipinski definition) is 1. The van der Waals surface area contributed by atoms with Gasteiger partial charge in [0.2, 0.25) is 0 Å². The molecule has 0 spiro atoms. The number of pyridine rings is 1. The van der Waals surface area contributed by atoms with Gasteiger partial charge in [-0.25, -0.2) is 9.97 Å². The number of rotatable bonds is 6. The van der Waals surface area contributed by atoms with Gasteiger partial charge in [-0.2, -0.15) is 0 Å². The Labute approximate surface area is 112 Å². The molecule has 2 aromatic heterocycles. The summed E-state index contributed by atoms with van der Waals surface area (Å²) >= 11 is 1.72. The number of hydrogen-bond acceptors (Lipinski definition) is 4. The Hall–Kier alpha value is -1.00. The van der Waals surface area contributed by atoms with Gasteiger partial charge in [-0.05, 0) is 49.8 Å². The fraction of sp³-hybridized carbons (Fsp3) is 0.571. The molecule has 0 fully saturated rings. The molecule has 0 amide bonds. The molecule has 3 nitrogen and oxygen atoms in total. The van der Waals surface area contributed by atoms with Crippen LogP contribution in [0.15, 0.2) is 18.3 Å². The molecular formula is C14H21N3S. The Morgan fingerprint density at radius 2 is 2.17 bits per heavy atom. The summed E-state index contributed by atoms with van der Waals surface area (Å²) in [6.45, 7) is 5.34. The molecule has 0 aliphatic heterocycles. The molecule has 0 bridgehead atoms. The van der Waals surface area contributed by atoms with E-state index in [1.807, 2.05) is 18.3 Å². The molecular weight excluding hydrogens is 242 g/mol. The highest BCUT2D eigenvalue weighted by molar-refractivity contribution is 7.18. The topological polar surface area (TPSA) is 51.8 Å². The van der Waals surface area contributed by atoms with Crippen LogP contribution in [0.25, 0.3) is 10.3 Å². The molecule has 0 radical (unpaired) electrons. The molecule has 1 unspecified atom stereocenters. The van der Waals surface area contributed by atoms with Crippen LogP contribution in [-0.2, 0) is 6.42 Å². The molecule has 0 aromatic carbocycles. The molecule has 0 aliphatic rings. The van der Waals surface area contributed by atoms with Gasteiger partial charge in [0.25, 0.3) is 0 Å². The van der Waals surface area contributed by atoms with Crippen LogP contribution >= 0.6 is 11.3 Å². The Morgan fingerprint density at radius 3 is 2.83 bits per heavy atom. The van der Waals surface area contributed by atoms with Crippen molar-refractivity contribution in [1.82, 2.24) is 9.97 Å². The van der Waals surface area contributed by atoms with E-state index in [2.05, 4.69) is 23.8 Å². The first kappa shape index (κ1) is 13.4. The van der Waals surface area contributed by atoms with Gasteiger partial charge in [-0.3, -0.25) is 0 Å². The quantitative estimate of drug-likeness (QED) is 0.870. The molecule has 2 aromatic rings. The summed E-state index contributed by atoms with van der Waals surface area (Å²) in [5, 5.41) is 1.20. The molecule has 1 atom stereocenters. The van der Waals surface area contributed by atoms with Crippen molar-refractivity contribution in [2.24, 2.45) is 17.6 Å². The maximum Gasteiger partial charge on any atom is 0.143 e. The Morgan fingerprint density at radius 1 is 1.33 bits per heavy atom. The van der Waals surface area contributed by atoms with Crippen LogP contribution in [0.4, 0.5) is 0 Å². The van der Waals surface area contributed by atoms with Crippen LogP contribution < -0.4 is 5.73 Å². The summed E-state index contributed by atoms with van der Waals surface area (Å²) in [4.78, 5) is 10.0. The summed E-state index contributed by atoms with van der Waals surface area (Å²) in [5.74, 6) is 1.40. The monoisotopic (exact) mass is 263 g/mol. The Bertz CT molecular complexity index is 459. The largest absolute Gasteiger partial charge is 0.330 e. The van der Waals surface area contributed by atoms with E-state index >= 15 is 0 Å². The van der Waals surface area contributed by atoms with E-state index in [1.165, 1.54) is 11.4 Å². The third-order valence-electron chi connectivity index (χ3n) is 3.42. The van der Waals surface area contributed by atoms with Crippen LogP contribution in [0.1, 0.15) is 31.7 Å². The molecule has 98 valence electrons. The highest BCUT2D eigenvalue weighted by Crippen LogP contribution is 2.25. The minimum absolute atomic E-state index is 0.695. The fourth-order valence-corrected chi connectivity index (χ4v) is 3.17. The van der Waals surface area contributed by atoms with E-state index in [1.54, 1.807) is 11.3 Å². The minimum Gasteiger partial charge on any atom is -0.330 e. The standard InChI is InChI=1S/C14H21N3S/c1-10(2)11(7-8-15)5-6-13-17-12-4-3-9-16-14(12)18-13/h3-4,9-11H,5-8,15H2,1-2H3. The summed E-state index contributed by atoms with van der Waals surface area (Å²) in [6.07, 6.45) is 5.16. The van der Waals surface area contributed by atoms with Gasteiger partial charge in [0.15, 0.2) is 0 Å². The predicted octanol–water partition coefficient (Wildman–Crippen LogP) is 3.24. The summed E-state index contributed by atoms with van der Waals surface area (Å²) in [6, 6.07) is 3.97. The van der Waals surface area contributed by atoms with E-state index in [0.29, 0.717) is 11.8 Å². The van der Waals surface area contributed by atoms with Crippen molar-refractivity contribution in [2.45, 2.75) is 33.1 Å². The lowest BCUT2D eigenvalue weighted by Gasteiger charge is -2.19. The van der Waals surface area contributed by atoms with Crippen molar-refractivity contribution in [2.75, 3.05) is 6.54 Å². The van der Waals surface area contributed by atoms with Crippen molar-refractivity contribution in [3.63, 3.8) is 0 Å². The van der Waals surface area contributed by atoms with E-state index in [4.69, 9.17) is 5.73 Å². The first-order chi connectivity index (χ1) is 8.70. The van der Waals surface area contributed by atoms with E-state index in [-0.39, 0.29) is 0 Å². The van der Waals surface area contributed by atoms with Gasteiger partial charge in [-0.1, -0.05) is 25.2 Å². The number of nitrogens with two attached hydrogens (primary N) is 1. The normalized spacial score (nSPS) is 13.3. The Kier molecular flexibility index (Phi) is 4.66. The smallest absolute Gasteiger partial charge is 0.143 e. The third-order valence-corrected chi connectivity index (χ3v) is 4.46. The maximum atomic E-state index is 5.67. The van der Waals surface area contributed by atoms with Gasteiger partial charge in [0.05, 0.1) is 5.01 Å². The van der Waals surface area contributed by atoms with Crippen LogP contribution in [-0.4, -0.2) is 16.5 Å². The fourth-order valence-electron chi connectivity index (χ4n) is 2.26. The van der Waals surface area contributed by atoms with E-state index in [0.717, 1.165) is 29.7 Å². The molecule has 0 saturated heterocycles. The zero-order chi connectivity index (χ0) is 13.0. The average Bonchev–Trinajstić information content (AvgIpc) is 2.76. The third kappa shape index (κ3) is 3.27. The van der Waals surface area contributed by atoms with Crippen molar-refractivity contribution >= 4 is 21.7 Å². The second kappa shape index (κ2) is 6.25. The summed E-state index contributed by atoms with van der Waals surface area (Å²) < 4.78 is 0. The molecule has 0 aliphatic carbocycles. The van der Waals surface area contributed by atoms with Crippen LogP contribution in [0.2, 0.25) is 0 Å². The van der Waals surface area contributed by atoms with Gasteiger partial charge < -0.3 is 5.73 Å². The number of thiazole rings is 1. The van der Waals surface area contributed by atoms with Crippen LogP contribution in [0.3, 0.4) is 0 Å². The van der Waals surface area contributed by atoms with Gasteiger partial charge >= 0.3 is 0 Å². The van der Waals surface area contributed by atoms with Gasteiger partial charge in [-0.15, -0.1) is 0 Å². The first-order valence-electron chi connectivity index (χ1n) is 6.61. The zero-order valence-corrected chi connectivity index (χ0v) is 11.9. The van der Waals surface area contributed by atoms with E-state index in [9.17, 15) is 0 Å². The number of fused-ring (bicyclic) bond motifs is 1. The highest BCUT2D eigenvalue weighted by atomic mass is 32.1. The minimum atomic E-state index is 0.695.